The SMILES string of the molecule is CN=C(NCc1sc(C)nc1C)NCC1CCOc2ccccc21. The normalized spacial score (nSPS) is 17.1. The highest BCUT2D eigenvalue weighted by Crippen LogP contribution is 2.32. The van der Waals surface area contributed by atoms with Crippen molar-refractivity contribution in [3.8, 4) is 5.75 Å². The van der Waals surface area contributed by atoms with Crippen LogP contribution in [0.4, 0.5) is 0 Å². The van der Waals surface area contributed by atoms with Crippen molar-refractivity contribution < 1.29 is 4.74 Å². The van der Waals surface area contributed by atoms with Gasteiger partial charge in [-0.1, -0.05) is 18.2 Å². The van der Waals surface area contributed by atoms with Gasteiger partial charge in [-0.15, -0.1) is 11.3 Å². The largest absolute Gasteiger partial charge is 0.493 e. The van der Waals surface area contributed by atoms with Gasteiger partial charge in [0, 0.05) is 24.4 Å². The number of aromatic nitrogens is 1. The van der Waals surface area contributed by atoms with Gasteiger partial charge in [-0.05, 0) is 31.9 Å². The minimum absolute atomic E-state index is 0.445. The number of benzene rings is 1. The molecule has 128 valence electrons. The molecule has 0 bridgehead atoms. The van der Waals surface area contributed by atoms with Crippen LogP contribution in [0.5, 0.6) is 5.75 Å². The van der Waals surface area contributed by atoms with Crippen LogP contribution in [0.3, 0.4) is 0 Å². The molecule has 24 heavy (non-hydrogen) atoms. The number of fused-ring (bicyclic) bond motifs is 1. The molecule has 0 fully saturated rings. The Morgan fingerprint density at radius 1 is 1.33 bits per heavy atom. The van der Waals surface area contributed by atoms with E-state index in [1.165, 1.54) is 10.4 Å². The van der Waals surface area contributed by atoms with E-state index < -0.39 is 0 Å². The smallest absolute Gasteiger partial charge is 0.191 e. The third-order valence-electron chi connectivity index (χ3n) is 4.24. The third-order valence-corrected chi connectivity index (χ3v) is 5.31. The summed E-state index contributed by atoms with van der Waals surface area (Å²) in [5.41, 5.74) is 2.37. The van der Waals surface area contributed by atoms with Gasteiger partial charge >= 0.3 is 0 Å². The molecule has 0 saturated heterocycles. The molecular weight excluding hydrogens is 320 g/mol. The molecule has 2 heterocycles. The van der Waals surface area contributed by atoms with E-state index in [-0.39, 0.29) is 0 Å². The van der Waals surface area contributed by atoms with E-state index >= 15 is 0 Å². The predicted molar refractivity (Wildman–Crippen MR) is 99.1 cm³/mol. The summed E-state index contributed by atoms with van der Waals surface area (Å²) in [4.78, 5) is 10.0. The number of aliphatic imine (C=N–C) groups is 1. The lowest BCUT2D eigenvalue weighted by Gasteiger charge is -2.26. The Labute approximate surface area is 147 Å². The van der Waals surface area contributed by atoms with Crippen molar-refractivity contribution in [3.63, 3.8) is 0 Å². The Balaban J connectivity index is 1.56. The maximum atomic E-state index is 5.73. The van der Waals surface area contributed by atoms with Crippen LogP contribution < -0.4 is 15.4 Å². The predicted octanol–water partition coefficient (Wildman–Crippen LogP) is 2.99. The fraction of sp³-hybridized carbons (Fsp3) is 0.444. The lowest BCUT2D eigenvalue weighted by atomic mass is 9.93. The Kier molecular flexibility index (Phi) is 5.35. The van der Waals surface area contributed by atoms with E-state index in [1.807, 2.05) is 19.1 Å². The molecular formula is C18H24N4OS. The zero-order valence-corrected chi connectivity index (χ0v) is 15.2. The molecule has 6 heteroatoms. The molecule has 0 spiro atoms. The molecule has 5 nitrogen and oxygen atoms in total. The van der Waals surface area contributed by atoms with Gasteiger partial charge < -0.3 is 15.4 Å². The molecule has 3 rings (SSSR count). The molecule has 0 amide bonds. The van der Waals surface area contributed by atoms with E-state index in [0.717, 1.165) is 48.5 Å². The average Bonchev–Trinajstić information content (AvgIpc) is 2.92. The second kappa shape index (κ2) is 7.66. The van der Waals surface area contributed by atoms with Crippen LogP contribution in [0.2, 0.25) is 0 Å². The van der Waals surface area contributed by atoms with Crippen molar-refractivity contribution in [1.82, 2.24) is 15.6 Å². The van der Waals surface area contributed by atoms with Crippen molar-refractivity contribution in [3.05, 3.63) is 45.4 Å². The van der Waals surface area contributed by atoms with E-state index in [2.05, 4.69) is 39.7 Å². The van der Waals surface area contributed by atoms with Crippen LogP contribution in [0, 0.1) is 13.8 Å². The molecule has 1 aliphatic rings. The quantitative estimate of drug-likeness (QED) is 0.661. The topological polar surface area (TPSA) is 58.5 Å². The Bertz CT molecular complexity index is 726. The molecule has 1 aromatic carbocycles. The maximum Gasteiger partial charge on any atom is 0.191 e. The minimum atomic E-state index is 0.445. The molecule has 0 saturated carbocycles. The van der Waals surface area contributed by atoms with Crippen LogP contribution >= 0.6 is 11.3 Å². The number of para-hydroxylation sites is 1. The number of rotatable bonds is 4. The summed E-state index contributed by atoms with van der Waals surface area (Å²) in [5, 5.41) is 7.93. The van der Waals surface area contributed by atoms with Crippen LogP contribution in [0.1, 0.15) is 33.5 Å². The average molecular weight is 344 g/mol. The highest BCUT2D eigenvalue weighted by molar-refractivity contribution is 7.11. The van der Waals surface area contributed by atoms with Gasteiger partial charge in [0.05, 0.1) is 23.9 Å². The van der Waals surface area contributed by atoms with Crippen LogP contribution in [-0.2, 0) is 6.54 Å². The van der Waals surface area contributed by atoms with Crippen molar-refractivity contribution in [2.45, 2.75) is 32.7 Å². The number of nitrogens with one attached hydrogen (secondary N) is 2. The molecule has 0 radical (unpaired) electrons. The minimum Gasteiger partial charge on any atom is -0.493 e. The summed E-state index contributed by atoms with van der Waals surface area (Å²) >= 11 is 1.73. The van der Waals surface area contributed by atoms with Crippen molar-refractivity contribution >= 4 is 17.3 Å². The maximum absolute atomic E-state index is 5.73. The van der Waals surface area contributed by atoms with E-state index in [4.69, 9.17) is 4.74 Å². The molecule has 2 N–H and O–H groups in total. The Morgan fingerprint density at radius 2 is 2.17 bits per heavy atom. The summed E-state index contributed by atoms with van der Waals surface area (Å²) in [6, 6.07) is 8.29. The molecule has 1 aromatic heterocycles. The summed E-state index contributed by atoms with van der Waals surface area (Å²) in [5.74, 6) is 2.28. The van der Waals surface area contributed by atoms with Gasteiger partial charge in [-0.25, -0.2) is 4.98 Å². The third kappa shape index (κ3) is 3.87. The first-order valence-corrected chi connectivity index (χ1v) is 9.08. The molecule has 1 aliphatic heterocycles. The van der Waals surface area contributed by atoms with Crippen molar-refractivity contribution in [1.29, 1.82) is 0 Å². The second-order valence-electron chi connectivity index (χ2n) is 5.92. The molecule has 1 unspecified atom stereocenters. The molecule has 2 aromatic rings. The Hall–Kier alpha value is -2.08. The number of thiazole rings is 1. The zero-order valence-electron chi connectivity index (χ0n) is 14.4. The summed E-state index contributed by atoms with van der Waals surface area (Å²) in [6.07, 6.45) is 1.02. The number of aryl methyl sites for hydroxylation is 2. The zero-order chi connectivity index (χ0) is 16.9. The van der Waals surface area contributed by atoms with Gasteiger partial charge in [0.25, 0.3) is 0 Å². The number of hydrogen-bond acceptors (Lipinski definition) is 4. The van der Waals surface area contributed by atoms with E-state index in [0.29, 0.717) is 5.92 Å². The molecule has 0 aliphatic carbocycles. The highest BCUT2D eigenvalue weighted by atomic mass is 32.1. The van der Waals surface area contributed by atoms with Crippen LogP contribution in [0.25, 0.3) is 0 Å². The number of hydrogen-bond donors (Lipinski definition) is 2. The van der Waals surface area contributed by atoms with E-state index in [9.17, 15) is 0 Å². The summed E-state index contributed by atoms with van der Waals surface area (Å²) in [6.45, 7) is 6.46. The lowest BCUT2D eigenvalue weighted by Crippen LogP contribution is -2.39. The number of guanidine groups is 1. The van der Waals surface area contributed by atoms with Gasteiger partial charge in [0.2, 0.25) is 0 Å². The van der Waals surface area contributed by atoms with Crippen LogP contribution in [0.15, 0.2) is 29.3 Å². The number of nitrogens with zero attached hydrogens (tertiary/aromatic N) is 2. The van der Waals surface area contributed by atoms with Gasteiger partial charge in [0.15, 0.2) is 5.96 Å². The first-order valence-electron chi connectivity index (χ1n) is 8.26. The summed E-state index contributed by atoms with van der Waals surface area (Å²) < 4.78 is 5.73. The fourth-order valence-corrected chi connectivity index (χ4v) is 3.85. The number of ether oxygens (including phenoxy) is 1. The highest BCUT2D eigenvalue weighted by Gasteiger charge is 2.21. The summed E-state index contributed by atoms with van der Waals surface area (Å²) in [7, 11) is 1.80. The van der Waals surface area contributed by atoms with Crippen molar-refractivity contribution in [2.24, 2.45) is 4.99 Å². The first-order chi connectivity index (χ1) is 11.7. The first kappa shape index (κ1) is 16.8. The van der Waals surface area contributed by atoms with Gasteiger partial charge in [0.1, 0.15) is 5.75 Å². The second-order valence-corrected chi connectivity index (χ2v) is 7.21. The monoisotopic (exact) mass is 344 g/mol. The van der Waals surface area contributed by atoms with Crippen LogP contribution in [-0.4, -0.2) is 31.1 Å². The van der Waals surface area contributed by atoms with Crippen molar-refractivity contribution in [2.75, 3.05) is 20.2 Å². The standard InChI is InChI=1S/C18H24N4OS/c1-12-17(24-13(2)22-12)11-21-18(19-3)20-10-14-8-9-23-16-7-5-4-6-15(14)16/h4-7,14H,8-11H2,1-3H3,(H2,19,20,21). The lowest BCUT2D eigenvalue weighted by molar-refractivity contribution is 0.267. The fourth-order valence-electron chi connectivity index (χ4n) is 2.97. The van der Waals surface area contributed by atoms with E-state index in [1.54, 1.807) is 18.4 Å². The van der Waals surface area contributed by atoms with Gasteiger partial charge in [-0.2, -0.15) is 0 Å². The Morgan fingerprint density at radius 3 is 2.92 bits per heavy atom. The molecule has 1 atom stereocenters. The van der Waals surface area contributed by atoms with Gasteiger partial charge in [-0.3, -0.25) is 4.99 Å².